The minimum Gasteiger partial charge on any atom is -0.392 e. The van der Waals surface area contributed by atoms with Crippen molar-refractivity contribution < 1.29 is 9.90 Å². The molecule has 4 nitrogen and oxygen atoms in total. The second kappa shape index (κ2) is 6.37. The third-order valence-electron chi connectivity index (χ3n) is 3.42. The molecule has 0 aromatic heterocycles. The number of likely N-dealkylation sites (N-methyl/N-ethyl adjacent to an activating group) is 1. The molecule has 0 radical (unpaired) electrons. The van der Waals surface area contributed by atoms with Gasteiger partial charge in [-0.25, -0.2) is 0 Å². The van der Waals surface area contributed by atoms with Gasteiger partial charge in [-0.3, -0.25) is 4.79 Å². The van der Waals surface area contributed by atoms with Gasteiger partial charge in [0.2, 0.25) is 5.91 Å². The number of β-amino-alcohol motifs (C(OH)–C–C–N with tert-alkyl or cyclic N) is 1. The number of nitrogens with zero attached hydrogens (tertiary/aromatic N) is 1. The van der Waals surface area contributed by atoms with Crippen LogP contribution in [0, 0.1) is 0 Å². The Bertz CT molecular complexity index is 453. The summed E-state index contributed by atoms with van der Waals surface area (Å²) in [6.07, 6.45) is 0.0608. The van der Waals surface area contributed by atoms with Crippen LogP contribution in [0.4, 0.5) is 0 Å². The highest BCUT2D eigenvalue weighted by Crippen LogP contribution is 2.18. The molecule has 1 heterocycles. The van der Waals surface area contributed by atoms with Crippen LogP contribution >= 0.6 is 11.6 Å². The highest BCUT2D eigenvalue weighted by molar-refractivity contribution is 6.31. The maximum absolute atomic E-state index is 12.3. The molecule has 2 N–H and O–H groups in total. The normalized spacial score (nSPS) is 22.5. The van der Waals surface area contributed by atoms with Crippen LogP contribution in [-0.4, -0.2) is 41.1 Å². The SMILES string of the molecule is CCN(Cc1ccccc1Cl)C(=O)C1CC(O)CN1. The first-order valence-electron chi connectivity index (χ1n) is 6.55. The van der Waals surface area contributed by atoms with Gasteiger partial charge in [0, 0.05) is 24.7 Å². The van der Waals surface area contributed by atoms with Gasteiger partial charge in [0.25, 0.3) is 0 Å². The van der Waals surface area contributed by atoms with Crippen LogP contribution in [0.2, 0.25) is 5.02 Å². The largest absolute Gasteiger partial charge is 0.392 e. The van der Waals surface area contributed by atoms with Gasteiger partial charge >= 0.3 is 0 Å². The van der Waals surface area contributed by atoms with Gasteiger partial charge in [-0.05, 0) is 25.0 Å². The number of aliphatic hydroxyl groups excluding tert-OH is 1. The summed E-state index contributed by atoms with van der Waals surface area (Å²) in [5.41, 5.74) is 0.943. The maximum atomic E-state index is 12.3. The lowest BCUT2D eigenvalue weighted by molar-refractivity contribution is -0.133. The molecule has 0 saturated carbocycles. The van der Waals surface area contributed by atoms with Crippen LogP contribution in [0.5, 0.6) is 0 Å². The molecule has 2 atom stereocenters. The molecule has 19 heavy (non-hydrogen) atoms. The average Bonchev–Trinajstić information content (AvgIpc) is 2.84. The van der Waals surface area contributed by atoms with E-state index in [0.717, 1.165) is 5.56 Å². The number of hydrogen-bond acceptors (Lipinski definition) is 3. The van der Waals surface area contributed by atoms with Gasteiger partial charge in [0.05, 0.1) is 12.1 Å². The van der Waals surface area contributed by atoms with Crippen molar-refractivity contribution in [2.45, 2.75) is 32.0 Å². The third-order valence-corrected chi connectivity index (χ3v) is 3.79. The van der Waals surface area contributed by atoms with Crippen LogP contribution in [0.15, 0.2) is 24.3 Å². The van der Waals surface area contributed by atoms with Gasteiger partial charge in [0.1, 0.15) is 0 Å². The predicted molar refractivity (Wildman–Crippen MR) is 75.0 cm³/mol. The van der Waals surface area contributed by atoms with Crippen molar-refractivity contribution in [3.8, 4) is 0 Å². The van der Waals surface area contributed by atoms with E-state index >= 15 is 0 Å². The number of halogens is 1. The molecule has 5 heteroatoms. The standard InChI is InChI=1S/C14H19ClN2O2/c1-2-17(9-10-5-3-4-6-12(10)15)14(19)13-7-11(18)8-16-13/h3-6,11,13,16,18H,2,7-9H2,1H3. The van der Waals surface area contributed by atoms with Crippen LogP contribution in [0.1, 0.15) is 18.9 Å². The van der Waals surface area contributed by atoms with E-state index in [1.54, 1.807) is 4.90 Å². The second-order valence-electron chi connectivity index (χ2n) is 4.79. The molecule has 0 bridgehead atoms. The molecule has 2 unspecified atom stereocenters. The molecular formula is C14H19ClN2O2. The summed E-state index contributed by atoms with van der Waals surface area (Å²) in [5, 5.41) is 13.2. The zero-order valence-corrected chi connectivity index (χ0v) is 11.7. The molecule has 0 spiro atoms. The third kappa shape index (κ3) is 3.47. The van der Waals surface area contributed by atoms with E-state index in [1.165, 1.54) is 0 Å². The lowest BCUT2D eigenvalue weighted by Crippen LogP contribution is -2.43. The van der Waals surface area contributed by atoms with Crippen LogP contribution < -0.4 is 5.32 Å². The quantitative estimate of drug-likeness (QED) is 0.878. The molecule has 2 rings (SSSR count). The summed E-state index contributed by atoms with van der Waals surface area (Å²) in [7, 11) is 0. The molecule has 1 saturated heterocycles. The summed E-state index contributed by atoms with van der Waals surface area (Å²) in [6, 6.07) is 7.26. The van der Waals surface area contributed by atoms with E-state index in [-0.39, 0.29) is 11.9 Å². The fraction of sp³-hybridized carbons (Fsp3) is 0.500. The fourth-order valence-corrected chi connectivity index (χ4v) is 2.50. The van der Waals surface area contributed by atoms with Gasteiger partial charge < -0.3 is 15.3 Å². The Hall–Kier alpha value is -1.10. The summed E-state index contributed by atoms with van der Waals surface area (Å²) >= 11 is 6.12. The monoisotopic (exact) mass is 282 g/mol. The minimum atomic E-state index is -0.423. The summed E-state index contributed by atoms with van der Waals surface area (Å²) < 4.78 is 0. The second-order valence-corrected chi connectivity index (χ2v) is 5.20. The number of amides is 1. The number of hydrogen-bond donors (Lipinski definition) is 2. The number of nitrogens with one attached hydrogen (secondary N) is 1. The van der Waals surface area contributed by atoms with E-state index in [4.69, 9.17) is 11.6 Å². The molecule has 1 aliphatic rings. The molecule has 1 amide bonds. The Balaban J connectivity index is 2.04. The van der Waals surface area contributed by atoms with E-state index < -0.39 is 6.10 Å². The van der Waals surface area contributed by atoms with Gasteiger partial charge in [-0.15, -0.1) is 0 Å². The Kier molecular flexibility index (Phi) is 4.80. The first kappa shape index (κ1) is 14.3. The van der Waals surface area contributed by atoms with Crippen molar-refractivity contribution in [1.29, 1.82) is 0 Å². The van der Waals surface area contributed by atoms with Crippen molar-refractivity contribution in [2.24, 2.45) is 0 Å². The van der Waals surface area contributed by atoms with Crippen LogP contribution in [-0.2, 0) is 11.3 Å². The molecule has 1 aromatic rings. The minimum absolute atomic E-state index is 0.0268. The highest BCUT2D eigenvalue weighted by Gasteiger charge is 2.30. The van der Waals surface area contributed by atoms with E-state index in [9.17, 15) is 9.90 Å². The van der Waals surface area contributed by atoms with Gasteiger partial charge in [-0.2, -0.15) is 0 Å². The Morgan fingerprint density at radius 3 is 2.84 bits per heavy atom. The Labute approximate surface area is 118 Å². The van der Waals surface area contributed by atoms with E-state index in [0.29, 0.717) is 31.1 Å². The number of benzene rings is 1. The van der Waals surface area contributed by atoms with Crippen molar-refractivity contribution >= 4 is 17.5 Å². The first-order valence-corrected chi connectivity index (χ1v) is 6.93. The first-order chi connectivity index (χ1) is 9.11. The molecule has 0 aliphatic carbocycles. The highest BCUT2D eigenvalue weighted by atomic mass is 35.5. The zero-order valence-electron chi connectivity index (χ0n) is 11.0. The van der Waals surface area contributed by atoms with Crippen LogP contribution in [0.25, 0.3) is 0 Å². The van der Waals surface area contributed by atoms with Gasteiger partial charge in [0.15, 0.2) is 0 Å². The number of carbonyl (C=O) groups excluding carboxylic acids is 1. The molecule has 1 aromatic carbocycles. The molecule has 104 valence electrons. The average molecular weight is 283 g/mol. The Morgan fingerprint density at radius 2 is 2.26 bits per heavy atom. The lowest BCUT2D eigenvalue weighted by Gasteiger charge is -2.24. The number of carbonyl (C=O) groups is 1. The van der Waals surface area contributed by atoms with Crippen LogP contribution in [0.3, 0.4) is 0 Å². The number of rotatable bonds is 4. The number of aliphatic hydroxyl groups is 1. The van der Waals surface area contributed by atoms with Gasteiger partial charge in [-0.1, -0.05) is 29.8 Å². The van der Waals surface area contributed by atoms with Crippen molar-refractivity contribution in [3.63, 3.8) is 0 Å². The summed E-state index contributed by atoms with van der Waals surface area (Å²) in [4.78, 5) is 14.1. The van der Waals surface area contributed by atoms with Crippen molar-refractivity contribution in [1.82, 2.24) is 10.2 Å². The molecular weight excluding hydrogens is 264 g/mol. The molecule has 1 aliphatic heterocycles. The zero-order chi connectivity index (χ0) is 13.8. The predicted octanol–water partition coefficient (Wildman–Crippen LogP) is 1.41. The summed E-state index contributed by atoms with van der Waals surface area (Å²) in [5.74, 6) is 0.0268. The Morgan fingerprint density at radius 1 is 1.53 bits per heavy atom. The van der Waals surface area contributed by atoms with E-state index in [2.05, 4.69) is 5.32 Å². The topological polar surface area (TPSA) is 52.6 Å². The smallest absolute Gasteiger partial charge is 0.240 e. The molecule has 1 fully saturated rings. The lowest BCUT2D eigenvalue weighted by atomic mass is 10.1. The summed E-state index contributed by atoms with van der Waals surface area (Å²) in [6.45, 7) is 3.56. The van der Waals surface area contributed by atoms with E-state index in [1.807, 2.05) is 31.2 Å². The fourth-order valence-electron chi connectivity index (χ4n) is 2.30. The maximum Gasteiger partial charge on any atom is 0.240 e. The van der Waals surface area contributed by atoms with Crippen molar-refractivity contribution in [2.75, 3.05) is 13.1 Å². The van der Waals surface area contributed by atoms with Crippen molar-refractivity contribution in [3.05, 3.63) is 34.9 Å².